The normalized spacial score (nSPS) is 22.2. The van der Waals surface area contributed by atoms with Crippen molar-refractivity contribution in [2.45, 2.75) is 19.0 Å². The molecular formula is C9H17F2NO3. The summed E-state index contributed by atoms with van der Waals surface area (Å²) >= 11 is 0. The number of hydrogen-bond donors (Lipinski definition) is 1. The van der Waals surface area contributed by atoms with Crippen LogP contribution >= 0.6 is 0 Å². The van der Waals surface area contributed by atoms with Gasteiger partial charge in [-0.15, -0.1) is 0 Å². The third-order valence-corrected chi connectivity index (χ3v) is 2.01. The van der Waals surface area contributed by atoms with Crippen LogP contribution in [-0.2, 0) is 14.2 Å². The maximum Gasteiger partial charge on any atom is 0.261 e. The molecule has 90 valence electrons. The molecule has 1 aliphatic heterocycles. The van der Waals surface area contributed by atoms with Crippen molar-refractivity contribution >= 4 is 0 Å². The summed E-state index contributed by atoms with van der Waals surface area (Å²) in [5.41, 5.74) is 0. The average molecular weight is 225 g/mol. The summed E-state index contributed by atoms with van der Waals surface area (Å²) in [7, 11) is 0. The molecule has 1 N–H and O–H groups in total. The van der Waals surface area contributed by atoms with Gasteiger partial charge in [0.2, 0.25) is 0 Å². The summed E-state index contributed by atoms with van der Waals surface area (Å²) in [6.45, 7) is 2.14. The monoisotopic (exact) mass is 225 g/mol. The molecule has 0 radical (unpaired) electrons. The lowest BCUT2D eigenvalue weighted by atomic mass is 10.2. The van der Waals surface area contributed by atoms with Crippen molar-refractivity contribution in [3.63, 3.8) is 0 Å². The first kappa shape index (κ1) is 12.8. The first-order chi connectivity index (χ1) is 7.29. The zero-order chi connectivity index (χ0) is 10.9. The lowest BCUT2D eigenvalue weighted by Gasteiger charge is -2.22. The predicted octanol–water partition coefficient (Wildman–Crippen LogP) is 0.621. The van der Waals surface area contributed by atoms with E-state index in [0.29, 0.717) is 33.1 Å². The van der Waals surface area contributed by atoms with Gasteiger partial charge in [0.05, 0.1) is 19.3 Å². The van der Waals surface area contributed by atoms with Crippen molar-refractivity contribution in [3.05, 3.63) is 0 Å². The van der Waals surface area contributed by atoms with Crippen LogP contribution in [0.3, 0.4) is 0 Å². The van der Waals surface area contributed by atoms with Crippen LogP contribution in [-0.4, -0.2) is 52.2 Å². The van der Waals surface area contributed by atoms with Gasteiger partial charge in [0.1, 0.15) is 13.4 Å². The molecule has 1 rings (SSSR count). The second kappa shape index (κ2) is 7.92. The number of alkyl halides is 2. The zero-order valence-corrected chi connectivity index (χ0v) is 8.59. The van der Waals surface area contributed by atoms with Gasteiger partial charge >= 0.3 is 0 Å². The molecule has 1 aliphatic rings. The lowest BCUT2D eigenvalue weighted by molar-refractivity contribution is -0.137. The topological polar surface area (TPSA) is 39.7 Å². The number of halogens is 2. The van der Waals surface area contributed by atoms with Crippen LogP contribution < -0.4 is 5.32 Å². The van der Waals surface area contributed by atoms with E-state index in [-0.39, 0.29) is 6.10 Å². The molecule has 1 heterocycles. The first-order valence-corrected chi connectivity index (χ1v) is 5.05. The molecule has 0 aromatic carbocycles. The fourth-order valence-electron chi connectivity index (χ4n) is 1.24. The summed E-state index contributed by atoms with van der Waals surface area (Å²) < 4.78 is 38.3. The molecule has 0 aliphatic carbocycles. The second-order valence-corrected chi connectivity index (χ2v) is 3.27. The molecule has 1 atom stereocenters. The molecule has 15 heavy (non-hydrogen) atoms. The third kappa shape index (κ3) is 6.72. The van der Waals surface area contributed by atoms with Crippen LogP contribution in [0.5, 0.6) is 0 Å². The van der Waals surface area contributed by atoms with Gasteiger partial charge in [-0.1, -0.05) is 0 Å². The molecule has 1 saturated heterocycles. The number of hydrogen-bond acceptors (Lipinski definition) is 4. The summed E-state index contributed by atoms with van der Waals surface area (Å²) in [6, 6.07) is 0. The van der Waals surface area contributed by atoms with E-state index in [4.69, 9.17) is 14.2 Å². The first-order valence-electron chi connectivity index (χ1n) is 5.05. The van der Waals surface area contributed by atoms with Crippen molar-refractivity contribution in [1.29, 1.82) is 0 Å². The fraction of sp³-hybridized carbons (Fsp3) is 1.00. The van der Waals surface area contributed by atoms with Gasteiger partial charge < -0.3 is 19.5 Å². The van der Waals surface area contributed by atoms with Gasteiger partial charge in [0.25, 0.3) is 6.43 Å². The zero-order valence-electron chi connectivity index (χ0n) is 8.59. The molecule has 0 spiro atoms. The van der Waals surface area contributed by atoms with Crippen LogP contribution in [0.4, 0.5) is 8.78 Å². The van der Waals surface area contributed by atoms with E-state index in [0.717, 1.165) is 6.42 Å². The summed E-state index contributed by atoms with van der Waals surface area (Å²) in [5.74, 6) is 0. The van der Waals surface area contributed by atoms with Crippen molar-refractivity contribution in [2.24, 2.45) is 0 Å². The van der Waals surface area contributed by atoms with E-state index in [9.17, 15) is 8.78 Å². The van der Waals surface area contributed by atoms with Crippen LogP contribution in [0.2, 0.25) is 0 Å². The Morgan fingerprint density at radius 3 is 3.00 bits per heavy atom. The van der Waals surface area contributed by atoms with Crippen LogP contribution in [0, 0.1) is 0 Å². The maximum atomic E-state index is 11.7. The second-order valence-electron chi connectivity index (χ2n) is 3.27. The van der Waals surface area contributed by atoms with Crippen molar-refractivity contribution < 1.29 is 23.0 Å². The highest BCUT2D eigenvalue weighted by atomic mass is 19.3. The molecule has 6 heteroatoms. The minimum Gasteiger partial charge on any atom is -0.374 e. The van der Waals surface area contributed by atoms with Crippen molar-refractivity contribution in [3.8, 4) is 0 Å². The van der Waals surface area contributed by atoms with E-state index in [1.807, 2.05) is 0 Å². The molecule has 0 amide bonds. The van der Waals surface area contributed by atoms with Gasteiger partial charge in [-0.3, -0.25) is 0 Å². The smallest absolute Gasteiger partial charge is 0.261 e. The molecule has 0 bridgehead atoms. The Morgan fingerprint density at radius 2 is 2.33 bits per heavy atom. The largest absolute Gasteiger partial charge is 0.374 e. The molecule has 4 nitrogen and oxygen atoms in total. The highest BCUT2D eigenvalue weighted by molar-refractivity contribution is 4.63. The van der Waals surface area contributed by atoms with E-state index >= 15 is 0 Å². The van der Waals surface area contributed by atoms with E-state index < -0.39 is 13.0 Å². The standard InChI is InChI=1S/C9H17F2NO3/c10-9(11)6-13-4-2-12-5-8-1-3-14-7-15-8/h8-9,12H,1-7H2. The Kier molecular flexibility index (Phi) is 6.74. The minimum absolute atomic E-state index is 0.161. The quantitative estimate of drug-likeness (QED) is 0.645. The number of nitrogens with one attached hydrogen (secondary N) is 1. The van der Waals surface area contributed by atoms with Gasteiger partial charge in [0.15, 0.2) is 0 Å². The number of rotatable bonds is 7. The summed E-state index contributed by atoms with van der Waals surface area (Å²) in [4.78, 5) is 0. The summed E-state index contributed by atoms with van der Waals surface area (Å²) in [6.07, 6.45) is -1.36. The average Bonchev–Trinajstić information content (AvgIpc) is 2.24. The Labute approximate surface area is 87.9 Å². The number of ether oxygens (including phenoxy) is 3. The van der Waals surface area contributed by atoms with Gasteiger partial charge in [-0.05, 0) is 6.42 Å². The Morgan fingerprint density at radius 1 is 1.47 bits per heavy atom. The van der Waals surface area contributed by atoms with Crippen LogP contribution in [0.25, 0.3) is 0 Å². The Hall–Kier alpha value is -0.300. The van der Waals surface area contributed by atoms with Gasteiger partial charge in [-0.2, -0.15) is 0 Å². The summed E-state index contributed by atoms with van der Waals surface area (Å²) in [5, 5.41) is 3.08. The van der Waals surface area contributed by atoms with Crippen molar-refractivity contribution in [1.82, 2.24) is 5.32 Å². The van der Waals surface area contributed by atoms with Crippen LogP contribution in [0.1, 0.15) is 6.42 Å². The SMILES string of the molecule is FC(F)COCCNCC1CCOCO1. The van der Waals surface area contributed by atoms with E-state index in [2.05, 4.69) is 5.32 Å². The van der Waals surface area contributed by atoms with Gasteiger partial charge in [0, 0.05) is 13.1 Å². The Balaban J connectivity index is 1.83. The predicted molar refractivity (Wildman–Crippen MR) is 50.0 cm³/mol. The molecular weight excluding hydrogens is 208 g/mol. The molecule has 0 aromatic rings. The molecule has 0 saturated carbocycles. The maximum absolute atomic E-state index is 11.7. The van der Waals surface area contributed by atoms with E-state index in [1.165, 1.54) is 0 Å². The van der Waals surface area contributed by atoms with Crippen molar-refractivity contribution in [2.75, 3.05) is 39.7 Å². The Bertz CT molecular complexity index is 154. The minimum atomic E-state index is -2.39. The highest BCUT2D eigenvalue weighted by Crippen LogP contribution is 2.04. The molecule has 1 unspecified atom stereocenters. The van der Waals surface area contributed by atoms with Gasteiger partial charge in [-0.25, -0.2) is 8.78 Å². The van der Waals surface area contributed by atoms with E-state index in [1.54, 1.807) is 0 Å². The third-order valence-electron chi connectivity index (χ3n) is 2.01. The highest BCUT2D eigenvalue weighted by Gasteiger charge is 2.12. The molecule has 0 aromatic heterocycles. The molecule has 1 fully saturated rings. The lowest BCUT2D eigenvalue weighted by Crippen LogP contribution is -2.35. The fourth-order valence-corrected chi connectivity index (χ4v) is 1.24. The van der Waals surface area contributed by atoms with Crippen LogP contribution in [0.15, 0.2) is 0 Å².